The van der Waals surface area contributed by atoms with Crippen LogP contribution in [-0.2, 0) is 6.54 Å². The third-order valence-electron chi connectivity index (χ3n) is 4.30. The number of hydrogen-bond acceptors (Lipinski definition) is 6. The Morgan fingerprint density at radius 1 is 1.30 bits per heavy atom. The molecule has 140 valence electrons. The third kappa shape index (κ3) is 3.67. The van der Waals surface area contributed by atoms with Gasteiger partial charge in [-0.3, -0.25) is 0 Å². The lowest BCUT2D eigenvalue weighted by Gasteiger charge is -2.28. The van der Waals surface area contributed by atoms with E-state index in [0.29, 0.717) is 42.9 Å². The molecule has 2 aromatic heterocycles. The molecule has 7 nitrogen and oxygen atoms in total. The number of rotatable bonds is 6. The van der Waals surface area contributed by atoms with Gasteiger partial charge in [-0.1, -0.05) is 0 Å². The van der Waals surface area contributed by atoms with Gasteiger partial charge in [0, 0.05) is 36.8 Å². The summed E-state index contributed by atoms with van der Waals surface area (Å²) in [5, 5.41) is 0. The average Bonchev–Trinajstić information content (AvgIpc) is 3.21. The van der Waals surface area contributed by atoms with Crippen LogP contribution in [-0.4, -0.2) is 34.9 Å². The lowest BCUT2D eigenvalue weighted by molar-refractivity contribution is 0.0866. The molecule has 0 saturated carbocycles. The summed E-state index contributed by atoms with van der Waals surface area (Å²) in [4.78, 5) is 8.37. The van der Waals surface area contributed by atoms with E-state index < -0.39 is 0 Å². The zero-order valence-electron chi connectivity index (χ0n) is 15.3. The van der Waals surface area contributed by atoms with Crippen molar-refractivity contribution >= 4 is 0 Å². The van der Waals surface area contributed by atoms with E-state index in [4.69, 9.17) is 18.9 Å². The van der Waals surface area contributed by atoms with Gasteiger partial charge in [0.15, 0.2) is 17.6 Å². The van der Waals surface area contributed by atoms with Crippen molar-refractivity contribution in [3.8, 4) is 23.1 Å². The summed E-state index contributed by atoms with van der Waals surface area (Å²) in [7, 11) is 1.63. The molecular weight excluding hydrogens is 346 g/mol. The summed E-state index contributed by atoms with van der Waals surface area (Å²) < 4.78 is 25.1. The molecule has 4 rings (SSSR count). The molecule has 27 heavy (non-hydrogen) atoms. The van der Waals surface area contributed by atoms with Crippen molar-refractivity contribution in [1.82, 2.24) is 14.5 Å². The van der Waals surface area contributed by atoms with E-state index in [2.05, 4.69) is 9.97 Å². The number of pyridine rings is 1. The van der Waals surface area contributed by atoms with Gasteiger partial charge < -0.3 is 23.5 Å². The van der Waals surface area contributed by atoms with E-state index in [9.17, 15) is 0 Å². The van der Waals surface area contributed by atoms with Crippen molar-refractivity contribution in [2.24, 2.45) is 0 Å². The van der Waals surface area contributed by atoms with Gasteiger partial charge in [0.1, 0.15) is 6.61 Å². The minimum absolute atomic E-state index is 0.255. The first-order chi connectivity index (χ1) is 13.3. The van der Waals surface area contributed by atoms with Crippen LogP contribution in [0, 0.1) is 0 Å². The number of fused-ring (bicyclic) bond motifs is 1. The molecule has 3 heterocycles. The molecule has 0 saturated heterocycles. The largest absolute Gasteiger partial charge is 0.493 e. The summed E-state index contributed by atoms with van der Waals surface area (Å²) >= 11 is 0. The van der Waals surface area contributed by atoms with Crippen molar-refractivity contribution in [3.63, 3.8) is 0 Å². The van der Waals surface area contributed by atoms with Crippen LogP contribution in [0.1, 0.15) is 24.2 Å². The normalized spacial score (nSPS) is 15.4. The Balaban J connectivity index is 1.56. The van der Waals surface area contributed by atoms with Crippen LogP contribution in [0.4, 0.5) is 0 Å². The van der Waals surface area contributed by atoms with Crippen molar-refractivity contribution in [3.05, 3.63) is 60.3 Å². The van der Waals surface area contributed by atoms with Crippen LogP contribution in [0.15, 0.2) is 49.2 Å². The Morgan fingerprint density at radius 2 is 2.22 bits per heavy atom. The predicted octanol–water partition coefficient (Wildman–Crippen LogP) is 3.25. The van der Waals surface area contributed by atoms with Crippen molar-refractivity contribution in [1.29, 1.82) is 0 Å². The van der Waals surface area contributed by atoms with Crippen molar-refractivity contribution in [2.45, 2.75) is 19.6 Å². The quantitative estimate of drug-likeness (QED) is 0.666. The van der Waals surface area contributed by atoms with Gasteiger partial charge in [0.2, 0.25) is 11.6 Å². The van der Waals surface area contributed by atoms with Crippen molar-refractivity contribution < 1.29 is 18.9 Å². The molecule has 0 bridgehead atoms. The first kappa shape index (κ1) is 17.2. The maximum Gasteiger partial charge on any atom is 0.213 e. The molecule has 0 radical (unpaired) electrons. The van der Waals surface area contributed by atoms with Crippen LogP contribution >= 0.6 is 0 Å². The molecule has 1 aromatic carbocycles. The molecule has 1 atom stereocenters. The number of ether oxygens (including phenoxy) is 4. The number of benzene rings is 1. The van der Waals surface area contributed by atoms with Crippen molar-refractivity contribution in [2.75, 3.05) is 20.3 Å². The first-order valence-corrected chi connectivity index (χ1v) is 8.81. The highest BCUT2D eigenvalue weighted by Gasteiger charge is 2.27. The Hall–Kier alpha value is -3.22. The molecule has 0 spiro atoms. The van der Waals surface area contributed by atoms with Gasteiger partial charge in [-0.05, 0) is 30.7 Å². The first-order valence-electron chi connectivity index (χ1n) is 8.81. The maximum atomic E-state index is 6.18. The Labute approximate surface area is 157 Å². The molecule has 3 aromatic rings. The smallest absolute Gasteiger partial charge is 0.213 e. The van der Waals surface area contributed by atoms with Crippen LogP contribution in [0.5, 0.6) is 23.1 Å². The number of methoxy groups -OCH3 is 1. The summed E-state index contributed by atoms with van der Waals surface area (Å²) in [6, 6.07) is 7.71. The summed E-state index contributed by atoms with van der Waals surface area (Å²) in [5.41, 5.74) is 1.97. The van der Waals surface area contributed by atoms with E-state index >= 15 is 0 Å². The van der Waals surface area contributed by atoms with Gasteiger partial charge in [-0.2, -0.15) is 0 Å². The highest BCUT2D eigenvalue weighted by atomic mass is 16.6. The van der Waals surface area contributed by atoms with Gasteiger partial charge in [-0.15, -0.1) is 0 Å². The van der Waals surface area contributed by atoms with Crippen LogP contribution in [0.3, 0.4) is 0 Å². The second-order valence-corrected chi connectivity index (χ2v) is 6.14. The third-order valence-corrected chi connectivity index (χ3v) is 4.30. The molecule has 1 aliphatic rings. The van der Waals surface area contributed by atoms with E-state index in [1.54, 1.807) is 25.8 Å². The molecular formula is C20H21N3O4. The predicted molar refractivity (Wildman–Crippen MR) is 98.6 cm³/mol. The Bertz CT molecular complexity index is 877. The molecule has 0 fully saturated rings. The average molecular weight is 367 g/mol. The van der Waals surface area contributed by atoms with Gasteiger partial charge in [-0.25, -0.2) is 9.97 Å². The monoisotopic (exact) mass is 367 g/mol. The zero-order valence-corrected chi connectivity index (χ0v) is 15.3. The molecule has 0 amide bonds. The fourth-order valence-electron chi connectivity index (χ4n) is 3.01. The van der Waals surface area contributed by atoms with E-state index in [1.165, 1.54) is 0 Å². The summed E-state index contributed by atoms with van der Waals surface area (Å²) in [6.07, 6.45) is 6.94. The fraction of sp³-hybridized carbons (Fsp3) is 0.300. The summed E-state index contributed by atoms with van der Waals surface area (Å²) in [6.45, 7) is 3.60. The fourth-order valence-corrected chi connectivity index (χ4v) is 3.01. The minimum atomic E-state index is -0.255. The summed E-state index contributed by atoms with van der Waals surface area (Å²) in [5.74, 6) is 2.53. The van der Waals surface area contributed by atoms with Gasteiger partial charge >= 0.3 is 0 Å². The SMILES string of the molecule is CCOc1ccc(C2COc3cc(Cn4ccnc4)cc(OC)c3O2)cn1. The molecule has 7 heteroatoms. The number of hydrogen-bond donors (Lipinski definition) is 0. The lowest BCUT2D eigenvalue weighted by atomic mass is 10.1. The van der Waals surface area contributed by atoms with E-state index in [0.717, 1.165) is 11.1 Å². The van der Waals surface area contributed by atoms with E-state index in [-0.39, 0.29) is 6.10 Å². The lowest BCUT2D eigenvalue weighted by Crippen LogP contribution is -2.22. The number of imidazole rings is 1. The Morgan fingerprint density at radius 3 is 2.93 bits per heavy atom. The molecule has 0 N–H and O–H groups in total. The van der Waals surface area contributed by atoms with Gasteiger partial charge in [0.25, 0.3) is 0 Å². The second kappa shape index (κ2) is 7.57. The number of aromatic nitrogens is 3. The topological polar surface area (TPSA) is 67.6 Å². The van der Waals surface area contributed by atoms with Crippen LogP contribution in [0.2, 0.25) is 0 Å². The highest BCUT2D eigenvalue weighted by molar-refractivity contribution is 5.55. The van der Waals surface area contributed by atoms with Gasteiger partial charge in [0.05, 0.1) is 20.0 Å². The molecule has 1 unspecified atom stereocenters. The standard InChI is InChI=1S/C20H21N3O4/c1-3-25-19-5-4-15(10-22-19)18-12-26-17-9-14(11-23-7-6-21-13-23)8-16(24-2)20(17)27-18/h4-10,13,18H,3,11-12H2,1-2H3. The molecule has 1 aliphatic heterocycles. The second-order valence-electron chi connectivity index (χ2n) is 6.14. The maximum absolute atomic E-state index is 6.18. The van der Waals surface area contributed by atoms with Crippen LogP contribution in [0.25, 0.3) is 0 Å². The highest BCUT2D eigenvalue weighted by Crippen LogP contribution is 2.44. The number of nitrogens with zero attached hydrogens (tertiary/aromatic N) is 3. The molecule has 0 aliphatic carbocycles. The van der Waals surface area contributed by atoms with Crippen LogP contribution < -0.4 is 18.9 Å². The minimum Gasteiger partial charge on any atom is -0.493 e. The Kier molecular flexibility index (Phi) is 4.82. The zero-order chi connectivity index (χ0) is 18.6. The van der Waals surface area contributed by atoms with E-state index in [1.807, 2.05) is 42.0 Å².